The second kappa shape index (κ2) is 16.6. The molecule has 0 unspecified atom stereocenters. The van der Waals surface area contributed by atoms with Crippen LogP contribution >= 0.6 is 0 Å². The van der Waals surface area contributed by atoms with Gasteiger partial charge in [-0.1, -0.05) is 18.2 Å². The van der Waals surface area contributed by atoms with Gasteiger partial charge in [0, 0.05) is 67.6 Å². The van der Waals surface area contributed by atoms with E-state index >= 15 is 0 Å². The van der Waals surface area contributed by atoms with Crippen molar-refractivity contribution >= 4 is 34.6 Å². The topological polar surface area (TPSA) is 180 Å². The molecule has 3 aliphatic rings. The Bertz CT molecular complexity index is 2310. The summed E-state index contributed by atoms with van der Waals surface area (Å²) >= 11 is 0. The highest BCUT2D eigenvalue weighted by Gasteiger charge is 2.74. The molecule has 2 spiro atoms. The molecule has 0 radical (unpaired) electrons. The van der Waals surface area contributed by atoms with Crippen LogP contribution in [0.15, 0.2) is 79.0 Å². The van der Waals surface area contributed by atoms with Crippen LogP contribution in [0.25, 0.3) is 22.0 Å². The van der Waals surface area contributed by atoms with Crippen LogP contribution in [0.4, 0.5) is 0 Å². The first-order chi connectivity index (χ1) is 28.5. The van der Waals surface area contributed by atoms with Gasteiger partial charge in [0.05, 0.1) is 48.4 Å². The average molecular weight is 812 g/mol. The molecule has 59 heavy (non-hydrogen) atoms. The van der Waals surface area contributed by atoms with Crippen LogP contribution in [-0.4, -0.2) is 113 Å². The van der Waals surface area contributed by atoms with Crippen molar-refractivity contribution in [1.82, 2.24) is 14.8 Å². The van der Waals surface area contributed by atoms with Crippen molar-refractivity contribution in [3.8, 4) is 45.8 Å². The van der Waals surface area contributed by atoms with Gasteiger partial charge in [0.25, 0.3) is 0 Å². The van der Waals surface area contributed by atoms with E-state index in [9.17, 15) is 19.2 Å². The predicted octanol–water partition coefficient (Wildman–Crippen LogP) is 3.93. The number of esters is 4. The van der Waals surface area contributed by atoms with Crippen molar-refractivity contribution in [1.29, 1.82) is 0 Å². The van der Waals surface area contributed by atoms with Crippen LogP contribution in [0.1, 0.15) is 11.1 Å². The lowest BCUT2D eigenvalue weighted by molar-refractivity contribution is -0.464. The van der Waals surface area contributed by atoms with Gasteiger partial charge in [-0.25, -0.2) is 29.0 Å². The normalized spacial score (nSPS) is 17.4. The Labute approximate surface area is 338 Å². The van der Waals surface area contributed by atoms with E-state index in [1.165, 1.54) is 52.5 Å². The van der Waals surface area contributed by atoms with Gasteiger partial charge in [-0.2, -0.15) is 0 Å². The number of pyridine rings is 1. The number of carbonyl (C=O) groups is 4. The number of hydrogen-bond acceptors (Lipinski definition) is 17. The molecule has 17 nitrogen and oxygen atoms in total. The molecule has 4 aromatic rings. The van der Waals surface area contributed by atoms with Crippen molar-refractivity contribution in [3.05, 3.63) is 90.2 Å². The number of nitrogens with zero attached hydrogens (tertiary/aromatic N) is 3. The van der Waals surface area contributed by atoms with Crippen LogP contribution in [0.2, 0.25) is 0 Å². The molecule has 0 atom stereocenters. The Hall–Kier alpha value is -6.85. The van der Waals surface area contributed by atoms with E-state index in [4.69, 9.17) is 47.4 Å². The number of hydrogen-bond donors (Lipinski definition) is 0. The molecule has 3 aromatic carbocycles. The number of aromatic nitrogens is 1. The summed E-state index contributed by atoms with van der Waals surface area (Å²) in [5.74, 6) is -6.75. The van der Waals surface area contributed by atoms with E-state index in [1.807, 2.05) is 24.3 Å². The molecule has 4 heterocycles. The Balaban J connectivity index is 1.29. The number of benzene rings is 3. The molecule has 17 heteroatoms. The highest BCUT2D eigenvalue weighted by atomic mass is 16.8. The van der Waals surface area contributed by atoms with E-state index in [0.29, 0.717) is 51.3 Å². The summed E-state index contributed by atoms with van der Waals surface area (Å²) in [6.45, 7) is 0.0895. The molecule has 0 bridgehead atoms. The maximum Gasteiger partial charge on any atom is 0.420 e. The molecule has 0 saturated carbocycles. The minimum absolute atomic E-state index is 0.0507. The van der Waals surface area contributed by atoms with Crippen LogP contribution in [-0.2, 0) is 51.1 Å². The van der Waals surface area contributed by atoms with Crippen LogP contribution < -0.4 is 28.4 Å². The molecule has 0 N–H and O–H groups in total. The van der Waals surface area contributed by atoms with E-state index in [-0.39, 0.29) is 32.6 Å². The summed E-state index contributed by atoms with van der Waals surface area (Å²) in [7, 11) is 9.09. The van der Waals surface area contributed by atoms with Gasteiger partial charge in [-0.05, 0) is 53.3 Å². The van der Waals surface area contributed by atoms with Crippen LogP contribution in [0.3, 0.4) is 0 Å². The molecule has 1 aromatic heterocycles. The first kappa shape index (κ1) is 40.4. The van der Waals surface area contributed by atoms with Gasteiger partial charge in [0.2, 0.25) is 11.5 Å². The quantitative estimate of drug-likeness (QED) is 0.188. The molecule has 308 valence electrons. The van der Waals surface area contributed by atoms with Gasteiger partial charge in [-0.15, -0.1) is 0 Å². The van der Waals surface area contributed by atoms with Crippen molar-refractivity contribution in [3.63, 3.8) is 0 Å². The van der Waals surface area contributed by atoms with E-state index in [2.05, 4.69) is 4.98 Å². The second-order valence-corrected chi connectivity index (χ2v) is 13.3. The van der Waals surface area contributed by atoms with Crippen LogP contribution in [0.5, 0.6) is 34.5 Å². The maximum absolute atomic E-state index is 13.4. The van der Waals surface area contributed by atoms with E-state index in [0.717, 1.165) is 40.6 Å². The Morgan fingerprint density at radius 1 is 0.576 bits per heavy atom. The molecule has 1 fully saturated rings. The molecule has 3 aliphatic heterocycles. The van der Waals surface area contributed by atoms with Crippen molar-refractivity contribution in [2.24, 2.45) is 0 Å². The fourth-order valence-corrected chi connectivity index (χ4v) is 7.42. The monoisotopic (exact) mass is 811 g/mol. The number of methoxy groups -OCH3 is 6. The minimum atomic E-state index is -2.66. The van der Waals surface area contributed by atoms with Crippen molar-refractivity contribution < 1.29 is 66.5 Å². The molecule has 0 aliphatic carbocycles. The second-order valence-electron chi connectivity index (χ2n) is 13.3. The minimum Gasteiger partial charge on any atom is -0.493 e. The SMILES string of the molecule is COc1cc(-c2cc(CN3CCN(CCc4ccc5c(OC)c(OC)c(OC)cc5c4)C4(OC(=O)C=CC(=O)O4)C34OC(=O)C=CC(=O)O4)ccn2)cc(OC)c1OC. The standard InChI is InChI=1S/C42H41N3O14/c1-50-31-22-28(23-32(51-2)39(31)54-5)30-20-26(13-15-43-30)24-45-18-17-44(16-14-25-7-8-29-27(19-25)21-33(52-3)40(55-6)38(29)53-4)41(56-34(46)9-10-35(47)57-41)42(45)58-36(48)11-12-37(49)59-42/h7-13,15,19-23H,14,16-18,24H2,1-6H3. The lowest BCUT2D eigenvalue weighted by Gasteiger charge is -2.55. The fourth-order valence-electron chi connectivity index (χ4n) is 7.42. The zero-order valence-corrected chi connectivity index (χ0v) is 33.1. The number of fused-ring (bicyclic) bond motifs is 2. The van der Waals surface area contributed by atoms with Gasteiger partial charge in [-0.3, -0.25) is 4.98 Å². The Morgan fingerprint density at radius 3 is 1.64 bits per heavy atom. The smallest absolute Gasteiger partial charge is 0.420 e. The van der Waals surface area contributed by atoms with E-state index < -0.39 is 35.7 Å². The van der Waals surface area contributed by atoms with E-state index in [1.54, 1.807) is 30.5 Å². The molecular formula is C42H41N3O14. The summed E-state index contributed by atoms with van der Waals surface area (Å²) in [6.07, 6.45) is 5.37. The zero-order chi connectivity index (χ0) is 41.9. The highest BCUT2D eigenvalue weighted by molar-refractivity contribution is 5.95. The van der Waals surface area contributed by atoms with Crippen molar-refractivity contribution in [2.75, 3.05) is 62.3 Å². The lowest BCUT2D eigenvalue weighted by Crippen LogP contribution is -2.80. The van der Waals surface area contributed by atoms with Gasteiger partial charge in [0.1, 0.15) is 0 Å². The van der Waals surface area contributed by atoms with Gasteiger partial charge >= 0.3 is 35.7 Å². The maximum atomic E-state index is 13.4. The fraction of sp³-hybridized carbons (Fsp3) is 0.310. The van der Waals surface area contributed by atoms with Gasteiger partial charge in [0.15, 0.2) is 23.0 Å². The van der Waals surface area contributed by atoms with Gasteiger partial charge < -0.3 is 47.4 Å². The Morgan fingerprint density at radius 2 is 1.10 bits per heavy atom. The summed E-state index contributed by atoms with van der Waals surface area (Å²) in [6, 6.07) is 14.4. The number of rotatable bonds is 12. The Kier molecular flexibility index (Phi) is 11.3. The summed E-state index contributed by atoms with van der Waals surface area (Å²) in [5.41, 5.74) is 2.53. The molecule has 1 saturated heterocycles. The third kappa shape index (κ3) is 7.41. The summed E-state index contributed by atoms with van der Waals surface area (Å²) in [4.78, 5) is 61.1. The summed E-state index contributed by atoms with van der Waals surface area (Å²) < 4.78 is 57.3. The third-order valence-corrected chi connectivity index (χ3v) is 10.1. The number of piperazine rings is 1. The molecular weight excluding hydrogens is 770 g/mol. The third-order valence-electron chi connectivity index (χ3n) is 10.1. The molecule has 7 rings (SSSR count). The lowest BCUT2D eigenvalue weighted by atomic mass is 10.0. The highest BCUT2D eigenvalue weighted by Crippen LogP contribution is 2.47. The average Bonchev–Trinajstić information content (AvgIpc) is 3.50. The number of carbonyl (C=O) groups excluding carboxylic acids is 4. The summed E-state index contributed by atoms with van der Waals surface area (Å²) in [5, 5.41) is 1.55. The number of ether oxygens (including phenoxy) is 10. The molecule has 0 amide bonds. The zero-order valence-electron chi connectivity index (χ0n) is 33.1. The first-order valence-electron chi connectivity index (χ1n) is 18.3. The largest absolute Gasteiger partial charge is 0.493 e. The predicted molar refractivity (Wildman–Crippen MR) is 207 cm³/mol. The van der Waals surface area contributed by atoms with Crippen LogP contribution in [0, 0.1) is 0 Å². The first-order valence-corrected chi connectivity index (χ1v) is 18.3. The van der Waals surface area contributed by atoms with Crippen molar-refractivity contribution in [2.45, 2.75) is 24.8 Å².